The summed E-state index contributed by atoms with van der Waals surface area (Å²) in [4.78, 5) is 20.8. The molecule has 46 heavy (non-hydrogen) atoms. The second-order valence-electron chi connectivity index (χ2n) is 12.2. The zero-order valence-electron chi connectivity index (χ0n) is 27.0. The summed E-state index contributed by atoms with van der Waals surface area (Å²) < 4.78 is 8.97. The minimum Gasteiger partial charge on any atom is -0.444 e. The largest absolute Gasteiger partial charge is 0.444 e. The molecule has 12 nitrogen and oxygen atoms in total. The second kappa shape index (κ2) is 18.9. The summed E-state index contributed by atoms with van der Waals surface area (Å²) in [5.74, 6) is 1.95. The molecule has 2 saturated carbocycles. The molecule has 4 heterocycles. The minimum atomic E-state index is -0.472. The van der Waals surface area contributed by atoms with Crippen LogP contribution in [-0.4, -0.2) is 65.1 Å². The number of fused-ring (bicyclic) bond motifs is 2. The highest BCUT2D eigenvalue weighted by Gasteiger charge is 2.28. The molecular formula is C29H51ClN10O2S4. The Morgan fingerprint density at radius 2 is 1.26 bits per heavy atom. The maximum absolute atomic E-state index is 11.9. The lowest BCUT2D eigenvalue weighted by atomic mass is 10.2. The number of aryl methyl sites for hydroxylation is 2. The highest BCUT2D eigenvalue weighted by Crippen LogP contribution is 2.25. The number of aromatic nitrogens is 6. The number of carbonyl (C=O) groups excluding carboxylic acids is 1. The van der Waals surface area contributed by atoms with E-state index < -0.39 is 5.60 Å². The van der Waals surface area contributed by atoms with Gasteiger partial charge in [-0.05, 0) is 73.1 Å². The molecule has 5 N–H and O–H groups in total. The molecule has 1 amide bonds. The lowest BCUT2D eigenvalue weighted by Crippen LogP contribution is -2.38. The number of alkyl carbamates (subject to hydrolysis) is 1. The van der Waals surface area contributed by atoms with E-state index in [1.165, 1.54) is 0 Å². The number of halogens is 1. The van der Waals surface area contributed by atoms with Gasteiger partial charge in [0.05, 0.1) is 12.4 Å². The van der Waals surface area contributed by atoms with Gasteiger partial charge in [-0.25, -0.2) is 14.8 Å². The van der Waals surface area contributed by atoms with E-state index in [9.17, 15) is 4.79 Å². The Kier molecular flexibility index (Phi) is 18.0. The average Bonchev–Trinajstić information content (AvgIpc) is 3.67. The summed E-state index contributed by atoms with van der Waals surface area (Å²) in [6, 6.07) is 9.05. The van der Waals surface area contributed by atoms with E-state index in [1.807, 2.05) is 67.9 Å². The number of nitrogens with one attached hydrogen (secondary N) is 3. The van der Waals surface area contributed by atoms with E-state index in [0.717, 1.165) is 72.8 Å². The first-order chi connectivity index (χ1) is 19.5. The first-order valence-electron chi connectivity index (χ1n) is 14.4. The number of hydrogen-bond donors (Lipinski definition) is 4. The summed E-state index contributed by atoms with van der Waals surface area (Å²) in [6.07, 6.45) is 9.22. The van der Waals surface area contributed by atoms with Crippen molar-refractivity contribution in [1.29, 1.82) is 0 Å². The summed E-state index contributed by atoms with van der Waals surface area (Å²) in [5.41, 5.74) is 9.12. The molecule has 4 atom stereocenters. The molecule has 0 bridgehead atoms. The molecule has 0 aliphatic heterocycles. The lowest BCUT2D eigenvalue weighted by Gasteiger charge is -2.22. The van der Waals surface area contributed by atoms with Gasteiger partial charge < -0.3 is 26.4 Å². The second-order valence-corrected chi connectivity index (χ2v) is 12.2. The van der Waals surface area contributed by atoms with Crippen molar-refractivity contribution in [3.63, 3.8) is 0 Å². The highest BCUT2D eigenvalue weighted by atomic mass is 35.5. The van der Waals surface area contributed by atoms with Gasteiger partial charge in [0.2, 0.25) is 0 Å². The van der Waals surface area contributed by atoms with Gasteiger partial charge in [0.15, 0.2) is 11.3 Å². The molecule has 0 spiro atoms. The normalized spacial score (nSPS) is 20.0. The van der Waals surface area contributed by atoms with Gasteiger partial charge in [0, 0.05) is 59.8 Å². The quantitative estimate of drug-likeness (QED) is 0.220. The predicted molar refractivity (Wildman–Crippen MR) is 208 cm³/mol. The van der Waals surface area contributed by atoms with Crippen LogP contribution in [0.2, 0.25) is 0 Å². The van der Waals surface area contributed by atoms with E-state index >= 15 is 0 Å². The van der Waals surface area contributed by atoms with E-state index in [1.54, 1.807) is 12.4 Å². The molecule has 0 saturated heterocycles. The highest BCUT2D eigenvalue weighted by molar-refractivity contribution is 7.59. The molecule has 6 rings (SSSR count). The fraction of sp³-hybridized carbons (Fsp3) is 0.552. The van der Waals surface area contributed by atoms with Crippen molar-refractivity contribution in [2.45, 2.75) is 103 Å². The molecule has 0 aromatic carbocycles. The Hall–Kier alpha value is -2.24. The van der Waals surface area contributed by atoms with Crippen LogP contribution in [0.5, 0.6) is 0 Å². The van der Waals surface area contributed by atoms with E-state index in [4.69, 9.17) is 10.5 Å². The zero-order valence-corrected chi connectivity index (χ0v) is 31.8. The van der Waals surface area contributed by atoms with E-state index in [-0.39, 0.29) is 78.5 Å². The Balaban J connectivity index is 0.000000827. The van der Waals surface area contributed by atoms with Crippen molar-refractivity contribution in [2.24, 2.45) is 5.73 Å². The summed E-state index contributed by atoms with van der Waals surface area (Å²) in [5, 5.41) is 18.6. The molecule has 4 aromatic heterocycles. The fourth-order valence-electron chi connectivity index (χ4n) is 5.57. The fourth-order valence-corrected chi connectivity index (χ4v) is 5.57. The van der Waals surface area contributed by atoms with Crippen LogP contribution in [0, 0.1) is 13.8 Å². The molecule has 2 aliphatic carbocycles. The van der Waals surface area contributed by atoms with Gasteiger partial charge in [-0.15, -0.1) is 12.4 Å². The number of rotatable bonds is 5. The van der Waals surface area contributed by atoms with Gasteiger partial charge in [-0.2, -0.15) is 73.2 Å². The van der Waals surface area contributed by atoms with Crippen LogP contribution >= 0.6 is 66.4 Å². The number of anilines is 2. The standard InChI is InChI=1S/C17H25N5O2.C12H17N5.ClH.4H2S/c1-11-9-15(22-14(19-11)7-8-18-22)20-12-5-6-13(10-12)21-16(23)24-17(2,3)4;1-8-6-12(16-10-3-2-9(13)7-10)17-11(15-8)4-5-14-17;;;;;/h7-9,12-13,20H,5-6,10H2,1-4H3,(H,21,23);4-6,9-10,16H,2-3,7,13H2,1H3;1H;4*1H2/t12-,13+;9-,10-;;;;;/m10...../s1. The number of nitrogens with two attached hydrogens (primary N) is 1. The molecular weight excluding hydrogens is 684 g/mol. The van der Waals surface area contributed by atoms with Crippen molar-refractivity contribution < 1.29 is 9.53 Å². The van der Waals surface area contributed by atoms with Crippen LogP contribution in [0.25, 0.3) is 11.3 Å². The molecule has 260 valence electrons. The third kappa shape index (κ3) is 11.8. The molecule has 4 aromatic rings. The molecule has 0 unspecified atom stereocenters. The van der Waals surface area contributed by atoms with Crippen molar-refractivity contribution in [1.82, 2.24) is 34.5 Å². The maximum Gasteiger partial charge on any atom is 0.407 e. The first kappa shape index (κ1) is 43.8. The monoisotopic (exact) mass is 734 g/mol. The number of amides is 1. The maximum atomic E-state index is 11.9. The Morgan fingerprint density at radius 3 is 1.72 bits per heavy atom. The molecule has 2 fully saturated rings. The van der Waals surface area contributed by atoms with Crippen LogP contribution in [0.1, 0.15) is 70.7 Å². The molecule has 0 radical (unpaired) electrons. The molecule has 17 heteroatoms. The van der Waals surface area contributed by atoms with E-state index in [0.29, 0.717) is 18.1 Å². The Bertz CT molecular complexity index is 1520. The third-order valence-corrected chi connectivity index (χ3v) is 7.31. The van der Waals surface area contributed by atoms with Gasteiger partial charge in [0.25, 0.3) is 0 Å². The van der Waals surface area contributed by atoms with Crippen LogP contribution in [0.3, 0.4) is 0 Å². The summed E-state index contributed by atoms with van der Waals surface area (Å²) in [7, 11) is 0. The van der Waals surface area contributed by atoms with Crippen LogP contribution in [0.4, 0.5) is 16.4 Å². The number of nitrogens with zero attached hydrogens (tertiary/aromatic N) is 6. The smallest absolute Gasteiger partial charge is 0.407 e. The Labute approximate surface area is 305 Å². The molecule has 2 aliphatic rings. The third-order valence-electron chi connectivity index (χ3n) is 7.31. The van der Waals surface area contributed by atoms with Gasteiger partial charge in [-0.1, -0.05) is 0 Å². The van der Waals surface area contributed by atoms with E-state index in [2.05, 4.69) is 36.1 Å². The van der Waals surface area contributed by atoms with Crippen molar-refractivity contribution in [3.05, 3.63) is 48.0 Å². The van der Waals surface area contributed by atoms with Crippen LogP contribution in [0.15, 0.2) is 36.7 Å². The minimum absolute atomic E-state index is 0. The zero-order chi connectivity index (χ0) is 29.1. The van der Waals surface area contributed by atoms with Crippen LogP contribution in [-0.2, 0) is 4.74 Å². The lowest BCUT2D eigenvalue weighted by molar-refractivity contribution is 0.0505. The summed E-state index contributed by atoms with van der Waals surface area (Å²) in [6.45, 7) is 9.57. The predicted octanol–water partition coefficient (Wildman–Crippen LogP) is 5.10. The summed E-state index contributed by atoms with van der Waals surface area (Å²) >= 11 is 0. The number of carbonyl (C=O) groups is 1. The van der Waals surface area contributed by atoms with Gasteiger partial charge in [0.1, 0.15) is 17.2 Å². The topological polar surface area (TPSA) is 149 Å². The Morgan fingerprint density at radius 1 is 0.804 bits per heavy atom. The van der Waals surface area contributed by atoms with Crippen LogP contribution < -0.4 is 21.7 Å². The van der Waals surface area contributed by atoms with Gasteiger partial charge in [-0.3, -0.25) is 0 Å². The first-order valence-corrected chi connectivity index (χ1v) is 14.4. The SMILES string of the molecule is Cc1cc(N[C@@H]2CC[C@H](NC(=O)OC(C)(C)C)C2)n2nccc2n1.Cc1cc(N[C@H]2CC[C@H](N)C2)n2nccc2n1.Cl.S.S.S.S. The van der Waals surface area contributed by atoms with Crippen molar-refractivity contribution in [3.8, 4) is 0 Å². The number of hydrogen-bond acceptors (Lipinski definition) is 9. The van der Waals surface area contributed by atoms with Gasteiger partial charge >= 0.3 is 6.09 Å². The average molecular weight is 736 g/mol. The van der Waals surface area contributed by atoms with Crippen molar-refractivity contribution >= 4 is 95.4 Å². The number of ether oxygens (including phenoxy) is 1. The van der Waals surface area contributed by atoms with Crippen molar-refractivity contribution in [2.75, 3.05) is 10.6 Å².